The first-order chi connectivity index (χ1) is 11.7. The summed E-state index contributed by atoms with van der Waals surface area (Å²) in [4.78, 5) is 14.0. The van der Waals surface area contributed by atoms with E-state index in [-0.39, 0.29) is 11.5 Å². The molecular formula is C18H15ClN2O3. The van der Waals surface area contributed by atoms with Gasteiger partial charge in [0.2, 0.25) is 0 Å². The van der Waals surface area contributed by atoms with Gasteiger partial charge in [-0.2, -0.15) is 5.26 Å². The topological polar surface area (TPSA) is 66.5 Å². The third-order valence-electron chi connectivity index (χ3n) is 3.70. The van der Waals surface area contributed by atoms with E-state index >= 15 is 0 Å². The average Bonchev–Trinajstić information content (AvgIpc) is 3.08. The van der Waals surface area contributed by atoms with E-state index in [0.29, 0.717) is 42.8 Å². The van der Waals surface area contributed by atoms with Crippen LogP contribution in [0.15, 0.2) is 46.4 Å². The molecule has 1 aromatic carbocycles. The van der Waals surface area contributed by atoms with Gasteiger partial charge in [0.25, 0.3) is 5.91 Å². The van der Waals surface area contributed by atoms with Crippen LogP contribution >= 0.6 is 11.6 Å². The summed E-state index contributed by atoms with van der Waals surface area (Å²) in [5, 5.41) is 9.87. The van der Waals surface area contributed by atoms with Crippen LogP contribution in [0.2, 0.25) is 5.02 Å². The first-order valence-electron chi connectivity index (χ1n) is 7.52. The van der Waals surface area contributed by atoms with E-state index < -0.39 is 0 Å². The number of amides is 1. The highest BCUT2D eigenvalue weighted by molar-refractivity contribution is 6.33. The third-order valence-corrected chi connectivity index (χ3v) is 4.03. The van der Waals surface area contributed by atoms with Crippen LogP contribution < -0.4 is 0 Å². The van der Waals surface area contributed by atoms with Crippen molar-refractivity contribution in [3.05, 3.63) is 52.8 Å². The zero-order valence-corrected chi connectivity index (χ0v) is 13.6. The molecule has 0 bridgehead atoms. The Balaban J connectivity index is 1.83. The number of morpholine rings is 1. The van der Waals surface area contributed by atoms with E-state index in [2.05, 4.69) is 0 Å². The molecule has 0 unspecified atom stereocenters. The lowest BCUT2D eigenvalue weighted by atomic mass is 10.2. The molecule has 5 nitrogen and oxygen atoms in total. The fourth-order valence-corrected chi connectivity index (χ4v) is 2.69. The Morgan fingerprint density at radius 1 is 1.21 bits per heavy atom. The summed E-state index contributed by atoms with van der Waals surface area (Å²) < 4.78 is 10.9. The molecule has 0 N–H and O–H groups in total. The minimum Gasteiger partial charge on any atom is -0.457 e. The number of benzene rings is 1. The predicted molar refractivity (Wildman–Crippen MR) is 90.1 cm³/mol. The molecule has 1 aliphatic rings. The van der Waals surface area contributed by atoms with Crippen LogP contribution in [0, 0.1) is 11.3 Å². The zero-order valence-electron chi connectivity index (χ0n) is 12.9. The van der Waals surface area contributed by atoms with Crippen molar-refractivity contribution in [3.8, 4) is 17.4 Å². The number of hydrogen-bond acceptors (Lipinski definition) is 4. The van der Waals surface area contributed by atoms with Crippen molar-refractivity contribution >= 4 is 23.6 Å². The molecule has 2 heterocycles. The van der Waals surface area contributed by atoms with Gasteiger partial charge in [-0.1, -0.05) is 23.7 Å². The lowest BCUT2D eigenvalue weighted by Crippen LogP contribution is -2.41. The molecule has 6 heteroatoms. The van der Waals surface area contributed by atoms with Crippen LogP contribution in [-0.2, 0) is 9.53 Å². The molecule has 2 aromatic rings. The maximum Gasteiger partial charge on any atom is 0.264 e. The summed E-state index contributed by atoms with van der Waals surface area (Å²) in [7, 11) is 0. The molecule has 0 radical (unpaired) electrons. The Bertz CT molecular complexity index is 814. The number of nitrogens with zero attached hydrogens (tertiary/aromatic N) is 2. The minimum atomic E-state index is -0.309. The molecule has 0 spiro atoms. The van der Waals surface area contributed by atoms with E-state index in [1.807, 2.05) is 24.3 Å². The first kappa shape index (κ1) is 16.3. The standard InChI is InChI=1S/C18H15ClN2O3/c19-16-4-2-1-3-15(16)17-6-5-14(24-17)11-13(12-20)18(22)21-7-9-23-10-8-21/h1-6,11H,7-10H2/b13-11+. The van der Waals surface area contributed by atoms with E-state index in [1.54, 1.807) is 23.1 Å². The third kappa shape index (κ3) is 3.51. The molecule has 1 fully saturated rings. The quantitative estimate of drug-likeness (QED) is 0.633. The number of carbonyl (C=O) groups excluding carboxylic acids is 1. The summed E-state index contributed by atoms with van der Waals surface area (Å²) in [5.74, 6) is 0.711. The number of ether oxygens (including phenoxy) is 1. The summed E-state index contributed by atoms with van der Waals surface area (Å²) >= 11 is 6.15. The summed E-state index contributed by atoms with van der Waals surface area (Å²) in [6, 6.07) is 12.7. The van der Waals surface area contributed by atoms with Crippen molar-refractivity contribution in [2.45, 2.75) is 0 Å². The van der Waals surface area contributed by atoms with Crippen LogP contribution in [0.5, 0.6) is 0 Å². The van der Waals surface area contributed by atoms with E-state index in [0.717, 1.165) is 5.56 Å². The second-order valence-electron chi connectivity index (χ2n) is 5.26. The Morgan fingerprint density at radius 3 is 2.67 bits per heavy atom. The smallest absolute Gasteiger partial charge is 0.264 e. The number of nitriles is 1. The number of halogens is 1. The van der Waals surface area contributed by atoms with Crippen molar-refractivity contribution in [1.82, 2.24) is 4.90 Å². The normalized spacial score (nSPS) is 15.2. The lowest BCUT2D eigenvalue weighted by molar-refractivity contribution is -0.130. The predicted octanol–water partition coefficient (Wildman–Crippen LogP) is 3.37. The fraction of sp³-hybridized carbons (Fsp3) is 0.222. The van der Waals surface area contributed by atoms with Crippen molar-refractivity contribution < 1.29 is 13.9 Å². The summed E-state index contributed by atoms with van der Waals surface area (Å²) in [6.45, 7) is 1.95. The molecule has 0 atom stereocenters. The van der Waals surface area contributed by atoms with Crippen LogP contribution in [0.3, 0.4) is 0 Å². The SMILES string of the molecule is N#C/C(=C\c1ccc(-c2ccccc2Cl)o1)C(=O)N1CCOCC1. The van der Waals surface area contributed by atoms with E-state index in [1.165, 1.54) is 6.08 Å². The first-order valence-corrected chi connectivity index (χ1v) is 7.90. The van der Waals surface area contributed by atoms with E-state index in [9.17, 15) is 10.1 Å². The second-order valence-corrected chi connectivity index (χ2v) is 5.66. The highest BCUT2D eigenvalue weighted by atomic mass is 35.5. The summed E-state index contributed by atoms with van der Waals surface area (Å²) in [6.07, 6.45) is 1.46. The van der Waals surface area contributed by atoms with Crippen LogP contribution in [0.4, 0.5) is 0 Å². The molecule has 1 amide bonds. The van der Waals surface area contributed by atoms with E-state index in [4.69, 9.17) is 20.8 Å². The number of carbonyl (C=O) groups is 1. The molecule has 3 rings (SSSR count). The van der Waals surface area contributed by atoms with Crippen molar-refractivity contribution in [3.63, 3.8) is 0 Å². The van der Waals surface area contributed by atoms with Gasteiger partial charge in [-0.25, -0.2) is 0 Å². The highest BCUT2D eigenvalue weighted by Crippen LogP contribution is 2.29. The van der Waals surface area contributed by atoms with Gasteiger partial charge in [0.1, 0.15) is 23.2 Å². The Labute approximate surface area is 144 Å². The molecule has 1 saturated heterocycles. The Kier molecular flexibility index (Phi) is 4.99. The minimum absolute atomic E-state index is 0.0389. The molecule has 0 aliphatic carbocycles. The molecule has 122 valence electrons. The Hall–Kier alpha value is -2.55. The lowest BCUT2D eigenvalue weighted by Gasteiger charge is -2.26. The molecule has 0 saturated carbocycles. The maximum absolute atomic E-state index is 12.4. The summed E-state index contributed by atoms with van der Waals surface area (Å²) in [5.41, 5.74) is 0.800. The maximum atomic E-state index is 12.4. The van der Waals surface area contributed by atoms with Crippen molar-refractivity contribution in [2.75, 3.05) is 26.3 Å². The average molecular weight is 343 g/mol. The van der Waals surface area contributed by atoms with Gasteiger partial charge in [-0.3, -0.25) is 4.79 Å². The molecule has 1 aromatic heterocycles. The van der Waals surface area contributed by atoms with Gasteiger partial charge in [0, 0.05) is 24.7 Å². The zero-order chi connectivity index (χ0) is 16.9. The fourth-order valence-electron chi connectivity index (χ4n) is 2.46. The van der Waals surface area contributed by atoms with Crippen molar-refractivity contribution in [2.24, 2.45) is 0 Å². The highest BCUT2D eigenvalue weighted by Gasteiger charge is 2.21. The monoisotopic (exact) mass is 342 g/mol. The van der Waals surface area contributed by atoms with Gasteiger partial charge < -0.3 is 14.1 Å². The van der Waals surface area contributed by atoms with Gasteiger partial charge in [-0.05, 0) is 24.3 Å². The second kappa shape index (κ2) is 7.35. The number of rotatable bonds is 3. The van der Waals surface area contributed by atoms with Gasteiger partial charge in [-0.15, -0.1) is 0 Å². The number of furan rings is 1. The van der Waals surface area contributed by atoms with Crippen LogP contribution in [-0.4, -0.2) is 37.1 Å². The van der Waals surface area contributed by atoms with Gasteiger partial charge >= 0.3 is 0 Å². The Morgan fingerprint density at radius 2 is 1.96 bits per heavy atom. The van der Waals surface area contributed by atoms with Crippen LogP contribution in [0.1, 0.15) is 5.76 Å². The largest absolute Gasteiger partial charge is 0.457 e. The molecule has 1 aliphatic heterocycles. The van der Waals surface area contributed by atoms with Gasteiger partial charge in [0.15, 0.2) is 0 Å². The van der Waals surface area contributed by atoms with Crippen LogP contribution in [0.25, 0.3) is 17.4 Å². The molecule has 24 heavy (non-hydrogen) atoms. The van der Waals surface area contributed by atoms with Gasteiger partial charge in [0.05, 0.1) is 18.2 Å². The van der Waals surface area contributed by atoms with Crippen molar-refractivity contribution in [1.29, 1.82) is 5.26 Å². The number of hydrogen-bond donors (Lipinski definition) is 0. The molecular weight excluding hydrogens is 328 g/mol.